The molecule has 0 N–H and O–H groups in total. The van der Waals surface area contributed by atoms with Gasteiger partial charge in [0.15, 0.2) is 0 Å². The number of rotatable bonds is 2. The van der Waals surface area contributed by atoms with Gasteiger partial charge in [-0.1, -0.05) is 16.5 Å². The molecule has 5 heteroatoms. The fraction of sp³-hybridized carbons (Fsp3) is 0.333. The van der Waals surface area contributed by atoms with E-state index in [-0.39, 0.29) is 4.87 Å². The second kappa shape index (κ2) is 3.42. The van der Waals surface area contributed by atoms with E-state index in [1.165, 1.54) is 17.6 Å². The first kappa shape index (κ1) is 9.21. The van der Waals surface area contributed by atoms with E-state index in [2.05, 4.69) is 5.16 Å². The molecule has 0 aliphatic rings. The van der Waals surface area contributed by atoms with Crippen LogP contribution in [0.3, 0.4) is 0 Å². The van der Waals surface area contributed by atoms with E-state index in [9.17, 15) is 4.79 Å². The molecule has 14 heavy (non-hydrogen) atoms. The quantitative estimate of drug-likeness (QED) is 0.755. The third-order valence-electron chi connectivity index (χ3n) is 2.19. The standard InChI is InChI=1S/C9H10N2O2S/c1-6-7(2)14-9(12)11(6)5-8-3-4-13-10-8/h3-4H,5H2,1-2H3. The monoisotopic (exact) mass is 210 g/mol. The van der Waals surface area contributed by atoms with Crippen LogP contribution in [0, 0.1) is 13.8 Å². The van der Waals surface area contributed by atoms with Crippen LogP contribution in [0.15, 0.2) is 21.6 Å². The minimum absolute atomic E-state index is 0.0583. The van der Waals surface area contributed by atoms with Crippen LogP contribution in [-0.4, -0.2) is 9.72 Å². The van der Waals surface area contributed by atoms with Crippen LogP contribution < -0.4 is 4.87 Å². The van der Waals surface area contributed by atoms with E-state index < -0.39 is 0 Å². The lowest BCUT2D eigenvalue weighted by Crippen LogP contribution is -2.15. The number of thiazole rings is 1. The lowest BCUT2D eigenvalue weighted by Gasteiger charge is -2.00. The highest BCUT2D eigenvalue weighted by Crippen LogP contribution is 2.10. The Morgan fingerprint density at radius 3 is 2.86 bits per heavy atom. The maximum Gasteiger partial charge on any atom is 0.307 e. The van der Waals surface area contributed by atoms with Gasteiger partial charge in [-0.15, -0.1) is 0 Å². The summed E-state index contributed by atoms with van der Waals surface area (Å²) in [6, 6.07) is 1.76. The van der Waals surface area contributed by atoms with Gasteiger partial charge in [-0.25, -0.2) is 0 Å². The van der Waals surface area contributed by atoms with Crippen molar-refractivity contribution in [3.8, 4) is 0 Å². The summed E-state index contributed by atoms with van der Waals surface area (Å²) < 4.78 is 6.42. The molecule has 0 aliphatic carbocycles. The first-order chi connectivity index (χ1) is 6.68. The van der Waals surface area contributed by atoms with Crippen molar-refractivity contribution in [2.75, 3.05) is 0 Å². The Morgan fingerprint density at radius 2 is 2.36 bits per heavy atom. The Morgan fingerprint density at radius 1 is 1.57 bits per heavy atom. The zero-order valence-electron chi connectivity index (χ0n) is 7.98. The molecule has 0 saturated carbocycles. The van der Waals surface area contributed by atoms with Crippen LogP contribution in [0.1, 0.15) is 16.3 Å². The molecule has 0 aliphatic heterocycles. The van der Waals surface area contributed by atoms with Crippen LogP contribution in [0.25, 0.3) is 0 Å². The lowest BCUT2D eigenvalue weighted by molar-refractivity contribution is 0.409. The molecular weight excluding hydrogens is 200 g/mol. The number of hydrogen-bond acceptors (Lipinski definition) is 4. The Kier molecular flexibility index (Phi) is 2.25. The summed E-state index contributed by atoms with van der Waals surface area (Å²) in [6.07, 6.45) is 1.51. The van der Waals surface area contributed by atoms with Crippen molar-refractivity contribution in [3.05, 3.63) is 38.3 Å². The van der Waals surface area contributed by atoms with Crippen LogP contribution in [-0.2, 0) is 6.54 Å². The average molecular weight is 210 g/mol. The molecule has 0 radical (unpaired) electrons. The van der Waals surface area contributed by atoms with Crippen molar-refractivity contribution in [2.24, 2.45) is 0 Å². The molecule has 2 rings (SSSR count). The molecule has 0 saturated heterocycles. The summed E-state index contributed by atoms with van der Waals surface area (Å²) in [5, 5.41) is 3.77. The lowest BCUT2D eigenvalue weighted by atomic mass is 10.4. The fourth-order valence-corrected chi connectivity index (χ4v) is 2.08. The molecule has 2 heterocycles. The Bertz CT molecular complexity index is 481. The van der Waals surface area contributed by atoms with Gasteiger partial charge in [0.05, 0.1) is 6.54 Å². The maximum absolute atomic E-state index is 11.5. The number of nitrogens with zero attached hydrogens (tertiary/aromatic N) is 2. The van der Waals surface area contributed by atoms with Gasteiger partial charge in [-0.2, -0.15) is 0 Å². The first-order valence-electron chi connectivity index (χ1n) is 4.24. The van der Waals surface area contributed by atoms with Gasteiger partial charge in [0.2, 0.25) is 0 Å². The predicted molar refractivity (Wildman–Crippen MR) is 53.7 cm³/mol. The molecular formula is C9H10N2O2S. The van der Waals surface area contributed by atoms with E-state index in [0.29, 0.717) is 6.54 Å². The van der Waals surface area contributed by atoms with E-state index >= 15 is 0 Å². The SMILES string of the molecule is Cc1sc(=O)n(Cc2ccon2)c1C. The van der Waals surface area contributed by atoms with Gasteiger partial charge < -0.3 is 4.52 Å². The van der Waals surface area contributed by atoms with E-state index in [1.54, 1.807) is 10.6 Å². The second-order valence-corrected chi connectivity index (χ2v) is 4.25. The maximum atomic E-state index is 11.5. The zero-order chi connectivity index (χ0) is 10.1. The smallest absolute Gasteiger partial charge is 0.307 e. The van der Waals surface area contributed by atoms with E-state index in [4.69, 9.17) is 4.52 Å². The molecule has 4 nitrogen and oxygen atoms in total. The Labute approximate surface area is 84.8 Å². The average Bonchev–Trinajstić information content (AvgIpc) is 2.71. The third-order valence-corrected chi connectivity index (χ3v) is 3.18. The van der Waals surface area contributed by atoms with E-state index in [1.807, 2.05) is 13.8 Å². The molecule has 0 fully saturated rings. The molecule has 0 amide bonds. The van der Waals surface area contributed by atoms with Crippen molar-refractivity contribution >= 4 is 11.3 Å². The van der Waals surface area contributed by atoms with Crippen LogP contribution in [0.2, 0.25) is 0 Å². The highest BCUT2D eigenvalue weighted by atomic mass is 32.1. The normalized spacial score (nSPS) is 10.7. The van der Waals surface area contributed by atoms with Gasteiger partial charge in [0.1, 0.15) is 12.0 Å². The Hall–Kier alpha value is -1.36. The molecule has 0 aromatic carbocycles. The summed E-state index contributed by atoms with van der Waals surface area (Å²) in [7, 11) is 0. The zero-order valence-corrected chi connectivity index (χ0v) is 8.80. The molecule has 0 bridgehead atoms. The van der Waals surface area contributed by atoms with Gasteiger partial charge in [-0.05, 0) is 13.8 Å². The molecule has 2 aromatic rings. The summed E-state index contributed by atoms with van der Waals surface area (Å²) in [5.41, 5.74) is 1.77. The molecule has 0 atom stereocenters. The summed E-state index contributed by atoms with van der Waals surface area (Å²) in [5.74, 6) is 0. The molecule has 2 aromatic heterocycles. The number of aromatic nitrogens is 2. The number of hydrogen-bond donors (Lipinski definition) is 0. The molecule has 0 spiro atoms. The van der Waals surface area contributed by atoms with Crippen LogP contribution in [0.5, 0.6) is 0 Å². The highest BCUT2D eigenvalue weighted by Gasteiger charge is 2.08. The van der Waals surface area contributed by atoms with E-state index in [0.717, 1.165) is 16.3 Å². The van der Waals surface area contributed by atoms with Gasteiger partial charge in [-0.3, -0.25) is 9.36 Å². The third kappa shape index (κ3) is 1.50. The van der Waals surface area contributed by atoms with Gasteiger partial charge in [0.25, 0.3) is 0 Å². The van der Waals surface area contributed by atoms with Crippen molar-refractivity contribution < 1.29 is 4.52 Å². The van der Waals surface area contributed by atoms with Crippen molar-refractivity contribution in [1.29, 1.82) is 0 Å². The fourth-order valence-electron chi connectivity index (χ4n) is 1.25. The highest BCUT2D eigenvalue weighted by molar-refractivity contribution is 7.09. The van der Waals surface area contributed by atoms with Gasteiger partial charge >= 0.3 is 4.87 Å². The van der Waals surface area contributed by atoms with Gasteiger partial charge in [0, 0.05) is 16.6 Å². The minimum atomic E-state index is 0.0583. The summed E-state index contributed by atoms with van der Waals surface area (Å²) in [6.45, 7) is 4.37. The van der Waals surface area contributed by atoms with Crippen LogP contribution >= 0.6 is 11.3 Å². The molecule has 0 unspecified atom stereocenters. The summed E-state index contributed by atoms with van der Waals surface area (Å²) >= 11 is 1.27. The minimum Gasteiger partial charge on any atom is -0.364 e. The first-order valence-corrected chi connectivity index (χ1v) is 5.06. The second-order valence-electron chi connectivity index (χ2n) is 3.09. The Balaban J connectivity index is 2.38. The molecule has 74 valence electrons. The number of aryl methyl sites for hydroxylation is 1. The topological polar surface area (TPSA) is 48.0 Å². The predicted octanol–water partition coefficient (Wildman–Crippen LogP) is 1.56. The van der Waals surface area contributed by atoms with Crippen molar-refractivity contribution in [1.82, 2.24) is 9.72 Å². The van der Waals surface area contributed by atoms with Crippen molar-refractivity contribution in [3.63, 3.8) is 0 Å². The van der Waals surface area contributed by atoms with Crippen LogP contribution in [0.4, 0.5) is 0 Å². The summed E-state index contributed by atoms with van der Waals surface area (Å²) in [4.78, 5) is 12.6. The van der Waals surface area contributed by atoms with Crippen molar-refractivity contribution in [2.45, 2.75) is 20.4 Å². The largest absolute Gasteiger partial charge is 0.364 e.